The molecule has 0 radical (unpaired) electrons. The minimum absolute atomic E-state index is 0.928. The molecule has 2 aromatic carbocycles. The molecule has 0 fully saturated rings. The van der Waals surface area contributed by atoms with Gasteiger partial charge in [0.25, 0.3) is 0 Å². The molecule has 2 heteroatoms. The number of nitrogens with one attached hydrogen (secondary N) is 1. The smallest absolute Gasteiger partial charge is 0.138 e. The Balaban J connectivity index is 0.000000514. The van der Waals surface area contributed by atoms with E-state index in [4.69, 9.17) is 0 Å². The number of fused-ring (bicyclic) bond motifs is 1. The molecule has 2 nitrogen and oxygen atoms in total. The molecule has 0 unspecified atom stereocenters. The third kappa shape index (κ3) is 2.36. The molecule has 0 atom stereocenters. The molecule has 86 valence electrons. The van der Waals surface area contributed by atoms with Crippen LogP contribution in [-0.4, -0.2) is 9.97 Å². The van der Waals surface area contributed by atoms with Gasteiger partial charge >= 0.3 is 0 Å². The lowest BCUT2D eigenvalue weighted by atomic mass is 10.2. The minimum atomic E-state index is 0.928. The molecule has 1 N–H and O–H groups in total. The van der Waals surface area contributed by atoms with Crippen molar-refractivity contribution >= 4 is 11.0 Å². The molecule has 3 rings (SSSR count). The van der Waals surface area contributed by atoms with Crippen LogP contribution in [0.4, 0.5) is 0 Å². The van der Waals surface area contributed by atoms with Crippen molar-refractivity contribution in [3.05, 3.63) is 54.6 Å². The number of hydrogen-bond donors (Lipinski definition) is 1. The molecule has 0 aliphatic rings. The van der Waals surface area contributed by atoms with Crippen molar-refractivity contribution in [1.82, 2.24) is 9.97 Å². The molecule has 0 amide bonds. The first-order chi connectivity index (χ1) is 8.43. The lowest BCUT2D eigenvalue weighted by Gasteiger charge is -1.93. The normalized spacial score (nSPS) is 9.76. The number of aromatic amines is 1. The summed E-state index contributed by atoms with van der Waals surface area (Å²) in [6, 6.07) is 18.2. The second-order valence-corrected chi connectivity index (χ2v) is 3.47. The van der Waals surface area contributed by atoms with Gasteiger partial charge in [-0.1, -0.05) is 56.3 Å². The molecule has 0 saturated heterocycles. The summed E-state index contributed by atoms with van der Waals surface area (Å²) in [4.78, 5) is 7.83. The molecule has 0 aliphatic heterocycles. The number of hydrogen-bond acceptors (Lipinski definition) is 1. The van der Waals surface area contributed by atoms with Gasteiger partial charge in [-0.05, 0) is 12.1 Å². The Morgan fingerprint density at radius 1 is 0.824 bits per heavy atom. The lowest BCUT2D eigenvalue weighted by molar-refractivity contribution is 1.34. The molecule has 1 heterocycles. The number of rotatable bonds is 1. The maximum Gasteiger partial charge on any atom is 0.138 e. The van der Waals surface area contributed by atoms with Crippen molar-refractivity contribution < 1.29 is 0 Å². The number of benzene rings is 2. The molecule has 0 spiro atoms. The first-order valence-electron chi connectivity index (χ1n) is 5.94. The molecular weight excluding hydrogens is 208 g/mol. The number of aromatic nitrogens is 2. The van der Waals surface area contributed by atoms with E-state index in [0.717, 1.165) is 22.4 Å². The first kappa shape index (κ1) is 11.4. The fourth-order valence-electron chi connectivity index (χ4n) is 1.69. The summed E-state index contributed by atoms with van der Waals surface area (Å²) in [5, 5.41) is 0. The second kappa shape index (κ2) is 5.30. The van der Waals surface area contributed by atoms with Crippen molar-refractivity contribution in [2.45, 2.75) is 13.8 Å². The zero-order chi connectivity index (χ0) is 12.1. The summed E-state index contributed by atoms with van der Waals surface area (Å²) < 4.78 is 0. The van der Waals surface area contributed by atoms with Crippen molar-refractivity contribution in [3.8, 4) is 11.4 Å². The van der Waals surface area contributed by atoms with Crippen LogP contribution < -0.4 is 0 Å². The van der Waals surface area contributed by atoms with Crippen LogP contribution in [0.3, 0.4) is 0 Å². The van der Waals surface area contributed by atoms with E-state index >= 15 is 0 Å². The topological polar surface area (TPSA) is 28.7 Å². The van der Waals surface area contributed by atoms with Gasteiger partial charge in [-0.3, -0.25) is 0 Å². The Morgan fingerprint density at radius 2 is 1.47 bits per heavy atom. The minimum Gasteiger partial charge on any atom is -0.338 e. The predicted octanol–water partition coefficient (Wildman–Crippen LogP) is 4.26. The van der Waals surface area contributed by atoms with E-state index in [1.807, 2.05) is 56.3 Å². The summed E-state index contributed by atoms with van der Waals surface area (Å²) in [5.41, 5.74) is 3.21. The highest BCUT2D eigenvalue weighted by atomic mass is 14.9. The van der Waals surface area contributed by atoms with Crippen LogP contribution >= 0.6 is 0 Å². The van der Waals surface area contributed by atoms with Crippen LogP contribution in [0.5, 0.6) is 0 Å². The Bertz CT molecular complexity index is 549. The van der Waals surface area contributed by atoms with E-state index in [9.17, 15) is 0 Å². The van der Waals surface area contributed by atoms with Crippen LogP contribution in [0.25, 0.3) is 22.4 Å². The summed E-state index contributed by atoms with van der Waals surface area (Å²) >= 11 is 0. The molecular formula is C15H16N2. The van der Waals surface area contributed by atoms with Gasteiger partial charge in [-0.15, -0.1) is 0 Å². The standard InChI is InChI=1S/C13H10N2.C2H6/c1-2-6-10(7-3-1)13-14-11-8-4-5-9-12(11)15-13;1-2/h1-9H,(H,14,15);1-2H3. The molecule has 0 saturated carbocycles. The van der Waals surface area contributed by atoms with Gasteiger partial charge in [-0.25, -0.2) is 4.98 Å². The van der Waals surface area contributed by atoms with Crippen LogP contribution in [0.1, 0.15) is 13.8 Å². The molecule has 17 heavy (non-hydrogen) atoms. The molecule has 0 aliphatic carbocycles. The number of nitrogens with zero attached hydrogens (tertiary/aromatic N) is 1. The highest BCUT2D eigenvalue weighted by molar-refractivity contribution is 5.79. The lowest BCUT2D eigenvalue weighted by Crippen LogP contribution is -1.77. The average molecular weight is 224 g/mol. The SMILES string of the molecule is CC.c1ccc(-c2nc3ccccc3[nH]2)cc1. The van der Waals surface area contributed by atoms with E-state index < -0.39 is 0 Å². The summed E-state index contributed by atoms with van der Waals surface area (Å²) in [5.74, 6) is 0.928. The summed E-state index contributed by atoms with van der Waals surface area (Å²) in [7, 11) is 0. The van der Waals surface area contributed by atoms with Gasteiger partial charge in [0, 0.05) is 5.56 Å². The van der Waals surface area contributed by atoms with E-state index in [0.29, 0.717) is 0 Å². The second-order valence-electron chi connectivity index (χ2n) is 3.47. The predicted molar refractivity (Wildman–Crippen MR) is 72.9 cm³/mol. The van der Waals surface area contributed by atoms with Gasteiger partial charge in [0.05, 0.1) is 11.0 Å². The number of para-hydroxylation sites is 2. The largest absolute Gasteiger partial charge is 0.338 e. The first-order valence-corrected chi connectivity index (χ1v) is 5.94. The monoisotopic (exact) mass is 224 g/mol. The Morgan fingerprint density at radius 3 is 2.18 bits per heavy atom. The maximum absolute atomic E-state index is 4.53. The fourth-order valence-corrected chi connectivity index (χ4v) is 1.69. The van der Waals surface area contributed by atoms with Crippen LogP contribution in [0.15, 0.2) is 54.6 Å². The number of imidazole rings is 1. The van der Waals surface area contributed by atoms with E-state index in [1.54, 1.807) is 0 Å². The van der Waals surface area contributed by atoms with Gasteiger partial charge in [0.15, 0.2) is 0 Å². The Kier molecular flexibility index (Phi) is 3.55. The Hall–Kier alpha value is -2.09. The van der Waals surface area contributed by atoms with Crippen molar-refractivity contribution in [2.75, 3.05) is 0 Å². The van der Waals surface area contributed by atoms with Crippen LogP contribution in [0, 0.1) is 0 Å². The fraction of sp³-hybridized carbons (Fsp3) is 0.133. The molecule has 3 aromatic rings. The van der Waals surface area contributed by atoms with E-state index in [-0.39, 0.29) is 0 Å². The van der Waals surface area contributed by atoms with Crippen LogP contribution in [0.2, 0.25) is 0 Å². The van der Waals surface area contributed by atoms with Gasteiger partial charge in [-0.2, -0.15) is 0 Å². The van der Waals surface area contributed by atoms with Gasteiger partial charge < -0.3 is 4.98 Å². The maximum atomic E-state index is 4.53. The Labute approximate surface area is 101 Å². The van der Waals surface area contributed by atoms with Crippen molar-refractivity contribution in [2.24, 2.45) is 0 Å². The van der Waals surface area contributed by atoms with Crippen LogP contribution in [-0.2, 0) is 0 Å². The van der Waals surface area contributed by atoms with E-state index in [1.165, 1.54) is 0 Å². The zero-order valence-corrected chi connectivity index (χ0v) is 10.1. The summed E-state index contributed by atoms with van der Waals surface area (Å²) in [6.45, 7) is 4.00. The third-order valence-electron chi connectivity index (χ3n) is 2.44. The molecule has 0 bridgehead atoms. The van der Waals surface area contributed by atoms with Crippen molar-refractivity contribution in [3.63, 3.8) is 0 Å². The van der Waals surface area contributed by atoms with Gasteiger partial charge in [0.2, 0.25) is 0 Å². The zero-order valence-electron chi connectivity index (χ0n) is 10.1. The highest BCUT2D eigenvalue weighted by Crippen LogP contribution is 2.19. The molecule has 1 aromatic heterocycles. The number of H-pyrrole nitrogens is 1. The summed E-state index contributed by atoms with van der Waals surface area (Å²) in [6.07, 6.45) is 0. The van der Waals surface area contributed by atoms with E-state index in [2.05, 4.69) is 22.1 Å². The van der Waals surface area contributed by atoms with Gasteiger partial charge in [0.1, 0.15) is 5.82 Å². The third-order valence-corrected chi connectivity index (χ3v) is 2.44. The quantitative estimate of drug-likeness (QED) is 0.657. The highest BCUT2D eigenvalue weighted by Gasteiger charge is 2.02. The average Bonchev–Trinajstić information content (AvgIpc) is 2.86. The van der Waals surface area contributed by atoms with Crippen molar-refractivity contribution in [1.29, 1.82) is 0 Å².